The van der Waals surface area contributed by atoms with Gasteiger partial charge in [0.15, 0.2) is 16.6 Å². The van der Waals surface area contributed by atoms with Crippen LogP contribution in [-0.2, 0) is 17.8 Å². The van der Waals surface area contributed by atoms with Gasteiger partial charge >= 0.3 is 14.5 Å². The van der Waals surface area contributed by atoms with Gasteiger partial charge in [0, 0.05) is 5.57 Å². The molecule has 130 valence electrons. The molecular formula is C15H34O4Si3. The van der Waals surface area contributed by atoms with Crippen molar-refractivity contribution in [3.8, 4) is 0 Å². The summed E-state index contributed by atoms with van der Waals surface area (Å²) in [6.07, 6.45) is 0. The number of ether oxygens (including phenoxy) is 1. The average Bonchev–Trinajstić information content (AvgIpc) is 2.18. The van der Waals surface area contributed by atoms with Crippen LogP contribution in [-0.4, -0.2) is 37.8 Å². The Balaban J connectivity index is 4.83. The summed E-state index contributed by atoms with van der Waals surface area (Å²) in [6, 6.07) is 0.838. The first kappa shape index (κ1) is 21.8. The van der Waals surface area contributed by atoms with E-state index in [1.165, 1.54) is 0 Å². The van der Waals surface area contributed by atoms with Crippen molar-refractivity contribution < 1.29 is 17.8 Å². The zero-order chi connectivity index (χ0) is 17.8. The molecule has 0 spiro atoms. The standard InChI is InChI=1S/C15H34O4Si3/c1-13(2)15(16)17-11-14(3)12-22(10,18-20(4,5)6)19-21(7,8)9/h14H,1,11-12H2,2-10H3. The van der Waals surface area contributed by atoms with Crippen LogP contribution in [0.5, 0.6) is 0 Å². The van der Waals surface area contributed by atoms with Crippen LogP contribution in [0.1, 0.15) is 13.8 Å². The number of esters is 1. The van der Waals surface area contributed by atoms with Gasteiger partial charge in [-0.15, -0.1) is 0 Å². The summed E-state index contributed by atoms with van der Waals surface area (Å²) < 4.78 is 18.2. The molecule has 0 saturated heterocycles. The average molecular weight is 363 g/mol. The zero-order valence-electron chi connectivity index (χ0n) is 15.8. The first-order valence-corrected chi connectivity index (χ1v) is 17.2. The van der Waals surface area contributed by atoms with Crippen molar-refractivity contribution in [3.05, 3.63) is 12.2 Å². The van der Waals surface area contributed by atoms with Gasteiger partial charge in [-0.25, -0.2) is 4.79 Å². The van der Waals surface area contributed by atoms with Gasteiger partial charge in [0.2, 0.25) is 0 Å². The topological polar surface area (TPSA) is 44.8 Å². The van der Waals surface area contributed by atoms with Crippen molar-refractivity contribution in [1.29, 1.82) is 0 Å². The molecule has 7 heteroatoms. The molecule has 0 rings (SSSR count). The molecule has 0 bridgehead atoms. The molecule has 0 N–H and O–H groups in total. The summed E-state index contributed by atoms with van der Waals surface area (Å²) in [4.78, 5) is 11.5. The molecule has 0 saturated carbocycles. The van der Waals surface area contributed by atoms with E-state index in [9.17, 15) is 4.79 Å². The molecule has 0 aromatic rings. The Morgan fingerprint density at radius 2 is 1.41 bits per heavy atom. The summed E-state index contributed by atoms with van der Waals surface area (Å²) in [7, 11) is -5.64. The lowest BCUT2D eigenvalue weighted by molar-refractivity contribution is -0.140. The number of rotatable bonds is 9. The molecule has 0 fully saturated rings. The van der Waals surface area contributed by atoms with E-state index in [2.05, 4.69) is 59.3 Å². The highest BCUT2D eigenvalue weighted by atomic mass is 28.5. The van der Waals surface area contributed by atoms with Gasteiger partial charge in [-0.05, 0) is 64.7 Å². The van der Waals surface area contributed by atoms with Gasteiger partial charge < -0.3 is 13.0 Å². The van der Waals surface area contributed by atoms with E-state index in [1.807, 2.05) is 0 Å². The second kappa shape index (κ2) is 8.05. The third-order valence-corrected chi connectivity index (χ3v) is 12.4. The van der Waals surface area contributed by atoms with E-state index in [4.69, 9.17) is 13.0 Å². The molecule has 1 atom stereocenters. The van der Waals surface area contributed by atoms with Gasteiger partial charge in [-0.3, -0.25) is 0 Å². The van der Waals surface area contributed by atoms with Crippen LogP contribution in [0, 0.1) is 5.92 Å². The first-order chi connectivity index (χ1) is 9.64. The predicted molar refractivity (Wildman–Crippen MR) is 100 cm³/mol. The molecule has 0 aliphatic carbocycles. The molecule has 22 heavy (non-hydrogen) atoms. The normalized spacial score (nSPS) is 14.6. The highest BCUT2D eigenvalue weighted by Crippen LogP contribution is 2.27. The molecule has 0 aromatic heterocycles. The maximum absolute atomic E-state index is 11.5. The fourth-order valence-electron chi connectivity index (χ4n) is 2.43. The van der Waals surface area contributed by atoms with Gasteiger partial charge in [0.05, 0.1) is 6.61 Å². The SMILES string of the molecule is C=C(C)C(=O)OCC(C)C[Si](C)(O[Si](C)(C)C)O[Si](C)(C)C. The lowest BCUT2D eigenvalue weighted by Crippen LogP contribution is -2.53. The lowest BCUT2D eigenvalue weighted by Gasteiger charge is -2.39. The van der Waals surface area contributed by atoms with Crippen LogP contribution in [0.4, 0.5) is 0 Å². The fraction of sp³-hybridized carbons (Fsp3) is 0.800. The first-order valence-electron chi connectivity index (χ1n) is 7.86. The predicted octanol–water partition coefficient (Wildman–Crippen LogP) is 4.52. The van der Waals surface area contributed by atoms with Crippen LogP contribution in [0.3, 0.4) is 0 Å². The zero-order valence-corrected chi connectivity index (χ0v) is 18.8. The highest BCUT2D eigenvalue weighted by molar-refractivity contribution is 6.87. The smallest absolute Gasteiger partial charge is 0.333 e. The number of hydrogen-bond donors (Lipinski definition) is 0. The maximum Gasteiger partial charge on any atom is 0.333 e. The third-order valence-electron chi connectivity index (χ3n) is 2.61. The van der Waals surface area contributed by atoms with Gasteiger partial charge in [-0.1, -0.05) is 13.5 Å². The molecule has 4 nitrogen and oxygen atoms in total. The number of hydrogen-bond acceptors (Lipinski definition) is 4. The minimum atomic E-state index is -2.27. The Labute approximate surface area is 139 Å². The molecule has 1 unspecified atom stereocenters. The minimum Gasteiger partial charge on any atom is -0.462 e. The Morgan fingerprint density at radius 3 is 1.73 bits per heavy atom. The van der Waals surface area contributed by atoms with Crippen LogP contribution in [0.15, 0.2) is 12.2 Å². The van der Waals surface area contributed by atoms with E-state index in [0.29, 0.717) is 12.2 Å². The summed E-state index contributed by atoms with van der Waals surface area (Å²) in [5, 5.41) is 0. The summed E-state index contributed by atoms with van der Waals surface area (Å²) in [5.74, 6) is -0.111. The molecule has 0 heterocycles. The Kier molecular flexibility index (Phi) is 7.97. The molecule has 0 aromatic carbocycles. The summed E-state index contributed by atoms with van der Waals surface area (Å²) >= 11 is 0. The third kappa shape index (κ3) is 10.5. The molecule has 0 radical (unpaired) electrons. The number of carbonyl (C=O) groups is 1. The second-order valence-electron chi connectivity index (χ2n) is 8.25. The highest BCUT2D eigenvalue weighted by Gasteiger charge is 2.41. The van der Waals surface area contributed by atoms with E-state index in [-0.39, 0.29) is 11.9 Å². The van der Waals surface area contributed by atoms with E-state index in [1.54, 1.807) is 6.92 Å². The Morgan fingerprint density at radius 1 is 1.00 bits per heavy atom. The van der Waals surface area contributed by atoms with E-state index >= 15 is 0 Å². The van der Waals surface area contributed by atoms with Crippen molar-refractivity contribution >= 4 is 31.2 Å². The van der Waals surface area contributed by atoms with Gasteiger partial charge in [0.1, 0.15) is 0 Å². The van der Waals surface area contributed by atoms with E-state index in [0.717, 1.165) is 6.04 Å². The Hall–Kier alpha value is -0.219. The molecule has 0 aliphatic rings. The lowest BCUT2D eigenvalue weighted by atomic mass is 10.2. The quantitative estimate of drug-likeness (QED) is 0.344. The molecular weight excluding hydrogens is 328 g/mol. The van der Waals surface area contributed by atoms with Gasteiger partial charge in [0.25, 0.3) is 0 Å². The van der Waals surface area contributed by atoms with E-state index < -0.39 is 25.2 Å². The molecule has 0 aliphatic heterocycles. The van der Waals surface area contributed by atoms with Crippen molar-refractivity contribution in [2.24, 2.45) is 5.92 Å². The minimum absolute atomic E-state index is 0.215. The summed E-state index contributed by atoms with van der Waals surface area (Å²) in [5.41, 5.74) is 0.434. The van der Waals surface area contributed by atoms with Crippen molar-refractivity contribution in [2.75, 3.05) is 6.61 Å². The van der Waals surface area contributed by atoms with Crippen molar-refractivity contribution in [3.63, 3.8) is 0 Å². The van der Waals surface area contributed by atoms with Crippen LogP contribution in [0.2, 0.25) is 51.9 Å². The van der Waals surface area contributed by atoms with Crippen molar-refractivity contribution in [1.82, 2.24) is 0 Å². The second-order valence-corrected chi connectivity index (χ2v) is 21.0. The largest absolute Gasteiger partial charge is 0.462 e. The number of carbonyl (C=O) groups excluding carboxylic acids is 1. The molecule has 0 amide bonds. The van der Waals surface area contributed by atoms with Gasteiger partial charge in [-0.2, -0.15) is 0 Å². The van der Waals surface area contributed by atoms with Crippen LogP contribution in [0.25, 0.3) is 0 Å². The van der Waals surface area contributed by atoms with Crippen LogP contribution >= 0.6 is 0 Å². The summed E-state index contributed by atoms with van der Waals surface area (Å²) in [6.45, 7) is 23.0. The van der Waals surface area contributed by atoms with Crippen molar-refractivity contribution in [2.45, 2.75) is 65.7 Å². The monoisotopic (exact) mass is 362 g/mol. The Bertz CT molecular complexity index is 381. The fourth-order valence-corrected chi connectivity index (χ4v) is 15.4. The van der Waals surface area contributed by atoms with Crippen LogP contribution < -0.4 is 0 Å². The maximum atomic E-state index is 11.5.